The lowest BCUT2D eigenvalue weighted by Crippen LogP contribution is -2.50. The van der Waals surface area contributed by atoms with Gasteiger partial charge in [-0.2, -0.15) is 0 Å². The van der Waals surface area contributed by atoms with Crippen molar-refractivity contribution in [2.24, 2.45) is 5.92 Å². The topological polar surface area (TPSA) is 62.7 Å². The molecule has 0 amide bonds. The maximum atomic E-state index is 15.8. The number of fused-ring (bicyclic) bond motifs is 3. The number of aliphatic hydroxyl groups excluding tert-OH is 2. The van der Waals surface area contributed by atoms with E-state index < -0.39 is 60.3 Å². The third-order valence-electron chi connectivity index (χ3n) is 8.19. The molecular formula is C29H34F5N3O2. The first kappa shape index (κ1) is 28.0. The molecule has 0 radical (unpaired) electrons. The van der Waals surface area contributed by atoms with E-state index in [1.54, 1.807) is 6.92 Å². The Hall–Kier alpha value is -2.53. The lowest BCUT2D eigenvalue weighted by molar-refractivity contribution is -0.0869. The Bertz CT molecular complexity index is 1320. The number of nitrogens with zero attached hydrogens (tertiary/aromatic N) is 2. The number of aromatic amines is 1. The zero-order valence-electron chi connectivity index (χ0n) is 22.0. The Morgan fingerprint density at radius 3 is 2.44 bits per heavy atom. The molecule has 3 heterocycles. The largest absolute Gasteiger partial charge is 0.390 e. The quantitative estimate of drug-likeness (QED) is 0.316. The summed E-state index contributed by atoms with van der Waals surface area (Å²) >= 11 is 0. The Balaban J connectivity index is 1.54. The van der Waals surface area contributed by atoms with E-state index >= 15 is 8.78 Å². The molecule has 2 aliphatic heterocycles. The summed E-state index contributed by atoms with van der Waals surface area (Å²) in [6, 6.07) is 4.36. The molecule has 1 aromatic heterocycles. The normalized spacial score (nSPS) is 21.8. The second kappa shape index (κ2) is 10.8. The van der Waals surface area contributed by atoms with E-state index in [4.69, 9.17) is 0 Å². The minimum Gasteiger partial charge on any atom is -0.390 e. The summed E-state index contributed by atoms with van der Waals surface area (Å²) in [4.78, 5) is 6.55. The summed E-state index contributed by atoms with van der Waals surface area (Å²) in [5.41, 5.74) is 1.11. The average Bonchev–Trinajstić information content (AvgIpc) is 3.21. The number of nitrogens with one attached hydrogen (secondary N) is 1. The molecule has 1 saturated heterocycles. The summed E-state index contributed by atoms with van der Waals surface area (Å²) in [5, 5.41) is 20.6. The van der Waals surface area contributed by atoms with Crippen LogP contribution in [0.2, 0.25) is 0 Å². The highest BCUT2D eigenvalue weighted by Crippen LogP contribution is 2.44. The molecule has 5 nitrogen and oxygen atoms in total. The SMILES string of the molecule is CCCCN1CC([C@H](O)c2cc(F)c([C@@H]3c4[nH]c5ccc(F)cc5c4C[C@@H](C)N3CC(F)(F)CO)c(F)c2)C1. The number of alkyl halides is 2. The van der Waals surface area contributed by atoms with Crippen molar-refractivity contribution in [2.45, 2.75) is 57.2 Å². The highest BCUT2D eigenvalue weighted by atomic mass is 19.3. The number of hydrogen-bond acceptors (Lipinski definition) is 4. The Kier molecular flexibility index (Phi) is 7.76. The van der Waals surface area contributed by atoms with Crippen LogP contribution in [-0.4, -0.2) is 69.7 Å². The number of benzene rings is 2. The van der Waals surface area contributed by atoms with Gasteiger partial charge in [-0.3, -0.25) is 4.90 Å². The summed E-state index contributed by atoms with van der Waals surface area (Å²) in [7, 11) is 0. The first-order chi connectivity index (χ1) is 18.5. The van der Waals surface area contributed by atoms with Crippen molar-refractivity contribution in [2.75, 3.05) is 32.8 Å². The van der Waals surface area contributed by atoms with Gasteiger partial charge in [0.05, 0.1) is 18.7 Å². The lowest BCUT2D eigenvalue weighted by Gasteiger charge is -2.43. The third-order valence-corrected chi connectivity index (χ3v) is 8.19. The smallest absolute Gasteiger partial charge is 0.283 e. The molecule has 0 unspecified atom stereocenters. The van der Waals surface area contributed by atoms with Crippen molar-refractivity contribution in [3.63, 3.8) is 0 Å². The van der Waals surface area contributed by atoms with Crippen molar-refractivity contribution in [1.29, 1.82) is 0 Å². The van der Waals surface area contributed by atoms with Crippen LogP contribution in [0.5, 0.6) is 0 Å². The van der Waals surface area contributed by atoms with Crippen LogP contribution < -0.4 is 0 Å². The second-order valence-electron chi connectivity index (χ2n) is 11.1. The Morgan fingerprint density at radius 1 is 1.10 bits per heavy atom. The number of unbranched alkanes of at least 4 members (excludes halogenated alkanes) is 1. The number of aromatic nitrogens is 1. The van der Waals surface area contributed by atoms with E-state index in [1.807, 2.05) is 0 Å². The fraction of sp³-hybridized carbons (Fsp3) is 0.517. The van der Waals surface area contributed by atoms with Crippen molar-refractivity contribution < 1.29 is 32.2 Å². The molecule has 39 heavy (non-hydrogen) atoms. The Morgan fingerprint density at radius 2 is 1.79 bits per heavy atom. The van der Waals surface area contributed by atoms with Crippen molar-refractivity contribution in [3.8, 4) is 0 Å². The summed E-state index contributed by atoms with van der Waals surface area (Å²) in [5.74, 6) is -6.07. The van der Waals surface area contributed by atoms with Gasteiger partial charge >= 0.3 is 0 Å². The van der Waals surface area contributed by atoms with E-state index in [0.717, 1.165) is 31.5 Å². The van der Waals surface area contributed by atoms with Gasteiger partial charge in [0.25, 0.3) is 5.92 Å². The van der Waals surface area contributed by atoms with Gasteiger partial charge in [-0.05, 0) is 67.8 Å². The third kappa shape index (κ3) is 5.31. The average molecular weight is 552 g/mol. The minimum atomic E-state index is -3.51. The van der Waals surface area contributed by atoms with Gasteiger partial charge in [-0.15, -0.1) is 0 Å². The minimum absolute atomic E-state index is 0.101. The predicted octanol–water partition coefficient (Wildman–Crippen LogP) is 5.31. The van der Waals surface area contributed by atoms with Gasteiger partial charge in [0.1, 0.15) is 24.1 Å². The van der Waals surface area contributed by atoms with Crippen molar-refractivity contribution in [3.05, 3.63) is 70.2 Å². The first-order valence-corrected chi connectivity index (χ1v) is 13.5. The molecule has 0 saturated carbocycles. The molecule has 2 aliphatic rings. The van der Waals surface area contributed by atoms with Crippen molar-refractivity contribution >= 4 is 10.9 Å². The van der Waals surface area contributed by atoms with Crippen LogP contribution in [0.3, 0.4) is 0 Å². The molecule has 2 aromatic carbocycles. The molecule has 0 bridgehead atoms. The van der Waals surface area contributed by atoms with Crippen LogP contribution in [0.1, 0.15) is 61.2 Å². The van der Waals surface area contributed by atoms with Gasteiger partial charge < -0.3 is 20.1 Å². The molecule has 0 aliphatic carbocycles. The molecule has 5 rings (SSSR count). The highest BCUT2D eigenvalue weighted by Gasteiger charge is 2.44. The molecule has 3 N–H and O–H groups in total. The molecule has 0 spiro atoms. The molecular weight excluding hydrogens is 517 g/mol. The van der Waals surface area contributed by atoms with E-state index in [1.165, 1.54) is 23.1 Å². The zero-order valence-corrected chi connectivity index (χ0v) is 22.0. The summed E-state index contributed by atoms with van der Waals surface area (Å²) < 4.78 is 74.7. The number of hydrogen-bond donors (Lipinski definition) is 3. The molecule has 1 fully saturated rings. The van der Waals surface area contributed by atoms with Crippen LogP contribution >= 0.6 is 0 Å². The van der Waals surface area contributed by atoms with Gasteiger partial charge in [-0.25, -0.2) is 22.0 Å². The van der Waals surface area contributed by atoms with Crippen LogP contribution in [0.4, 0.5) is 22.0 Å². The van der Waals surface area contributed by atoms with Crippen LogP contribution in [-0.2, 0) is 6.42 Å². The molecule has 10 heteroatoms. The number of H-pyrrole nitrogens is 1. The number of aliphatic hydroxyl groups is 2. The van der Waals surface area contributed by atoms with E-state index in [9.17, 15) is 23.4 Å². The second-order valence-corrected chi connectivity index (χ2v) is 11.1. The highest BCUT2D eigenvalue weighted by molar-refractivity contribution is 5.85. The number of halogens is 5. The zero-order chi connectivity index (χ0) is 28.1. The van der Waals surface area contributed by atoms with E-state index in [-0.39, 0.29) is 17.9 Å². The van der Waals surface area contributed by atoms with Gasteiger partial charge in [0.15, 0.2) is 0 Å². The number of rotatable bonds is 9. The molecule has 212 valence electrons. The van der Waals surface area contributed by atoms with E-state index in [2.05, 4.69) is 16.8 Å². The number of likely N-dealkylation sites (tertiary alicyclic amines) is 1. The first-order valence-electron chi connectivity index (χ1n) is 13.5. The maximum absolute atomic E-state index is 15.8. The fourth-order valence-corrected chi connectivity index (χ4v) is 6.08. The maximum Gasteiger partial charge on any atom is 0.283 e. The van der Waals surface area contributed by atoms with Gasteiger partial charge in [0.2, 0.25) is 0 Å². The summed E-state index contributed by atoms with van der Waals surface area (Å²) in [6.45, 7) is 3.58. The standard InChI is InChI=1S/C29H34F5N3O2/c1-3-4-7-36-12-18(13-36)28(39)17-9-22(31)25(23(32)10-17)27-26-21(20-11-19(30)5-6-24(20)35-26)8-16(2)37(27)14-29(33,34)15-38/h5-6,9-11,16,18,27-28,35,38-39H,3-4,7-8,12-15H2,1-2H3/t16-,27-,28-/m1/s1. The van der Waals surface area contributed by atoms with Gasteiger partial charge in [0, 0.05) is 47.2 Å². The summed E-state index contributed by atoms with van der Waals surface area (Å²) in [6.07, 6.45) is 1.27. The molecule has 3 aromatic rings. The van der Waals surface area contributed by atoms with Crippen LogP contribution in [0.15, 0.2) is 30.3 Å². The van der Waals surface area contributed by atoms with Gasteiger partial charge in [-0.1, -0.05) is 13.3 Å². The van der Waals surface area contributed by atoms with E-state index in [0.29, 0.717) is 35.2 Å². The van der Waals surface area contributed by atoms with Crippen molar-refractivity contribution in [1.82, 2.24) is 14.8 Å². The lowest BCUT2D eigenvalue weighted by atomic mass is 9.85. The van der Waals surface area contributed by atoms with Crippen LogP contribution in [0, 0.1) is 23.4 Å². The van der Waals surface area contributed by atoms with Crippen LogP contribution in [0.25, 0.3) is 10.9 Å². The Labute approximate surface area is 224 Å². The monoisotopic (exact) mass is 551 g/mol. The molecule has 3 atom stereocenters. The fourth-order valence-electron chi connectivity index (χ4n) is 6.08. The predicted molar refractivity (Wildman–Crippen MR) is 138 cm³/mol.